The van der Waals surface area contributed by atoms with Crippen molar-refractivity contribution in [3.8, 4) is 0 Å². The lowest BCUT2D eigenvalue weighted by molar-refractivity contribution is -0.140. The van der Waals surface area contributed by atoms with E-state index in [-0.39, 0.29) is 5.92 Å². The molecule has 86 valence electrons. The van der Waals surface area contributed by atoms with E-state index < -0.39 is 21.6 Å². The number of rotatable bonds is 1. The fourth-order valence-corrected chi connectivity index (χ4v) is 0. The number of aliphatic carboxylic acids is 1. The van der Waals surface area contributed by atoms with Gasteiger partial charge in [-0.25, -0.2) is 0 Å². The van der Waals surface area contributed by atoms with Gasteiger partial charge in [-0.1, -0.05) is 13.8 Å². The summed E-state index contributed by atoms with van der Waals surface area (Å²) in [5.41, 5.74) is -5.53. The van der Waals surface area contributed by atoms with E-state index in [1.807, 2.05) is 0 Å². The van der Waals surface area contributed by atoms with Crippen LogP contribution in [0.15, 0.2) is 0 Å². The molecule has 0 spiro atoms. The van der Waals surface area contributed by atoms with Gasteiger partial charge in [-0.2, -0.15) is 21.6 Å². The molecule has 14 heavy (non-hydrogen) atoms. The van der Waals surface area contributed by atoms with Gasteiger partial charge in [0.25, 0.3) is 0 Å². The van der Waals surface area contributed by atoms with Gasteiger partial charge in [0, 0.05) is 0 Å². The summed E-state index contributed by atoms with van der Waals surface area (Å²) in [5, 5.41) is 7.99. The van der Waals surface area contributed by atoms with Gasteiger partial charge < -0.3 is 5.11 Å². The minimum atomic E-state index is -5.84. The van der Waals surface area contributed by atoms with Gasteiger partial charge in [0.05, 0.1) is 5.92 Å². The van der Waals surface area contributed by atoms with Crippen molar-refractivity contribution in [2.24, 2.45) is 5.92 Å². The second kappa shape index (κ2) is 5.15. The number of hydrogen-bond donors (Lipinski definition) is 2. The van der Waals surface area contributed by atoms with Crippen molar-refractivity contribution in [2.45, 2.75) is 19.4 Å². The lowest BCUT2D eigenvalue weighted by Gasteiger charge is -1.97. The maximum absolute atomic E-state index is 10.7. The summed E-state index contributed by atoms with van der Waals surface area (Å²) >= 11 is 0. The minimum Gasteiger partial charge on any atom is -0.481 e. The molecule has 0 aliphatic rings. The molecule has 0 aromatic rings. The first-order chi connectivity index (χ1) is 5.89. The standard InChI is InChI=1S/C4H8O2.CHF3O3S/c1-3(2)4(5)6;2-1(3,4)8(5,6)7/h3H,1-2H3,(H,5,6);(H,5,6,7). The van der Waals surface area contributed by atoms with Gasteiger partial charge in [-0.05, 0) is 0 Å². The van der Waals surface area contributed by atoms with Gasteiger partial charge >= 0.3 is 21.6 Å². The highest BCUT2D eigenvalue weighted by molar-refractivity contribution is 7.86. The van der Waals surface area contributed by atoms with Gasteiger partial charge in [0.1, 0.15) is 0 Å². The van der Waals surface area contributed by atoms with Crippen molar-refractivity contribution >= 4 is 16.1 Å². The van der Waals surface area contributed by atoms with Gasteiger partial charge in [-0.15, -0.1) is 0 Å². The molecule has 0 heterocycles. The number of carbonyl (C=O) groups is 1. The minimum absolute atomic E-state index is 0.231. The number of carboxylic acids is 1. The third-order valence-corrected chi connectivity index (χ3v) is 1.37. The van der Waals surface area contributed by atoms with Gasteiger partial charge in [-0.3, -0.25) is 9.35 Å². The van der Waals surface area contributed by atoms with Crippen LogP contribution in [0.2, 0.25) is 0 Å². The lowest BCUT2D eigenvalue weighted by atomic mass is 10.2. The largest absolute Gasteiger partial charge is 0.522 e. The van der Waals surface area contributed by atoms with E-state index in [2.05, 4.69) is 0 Å². The quantitative estimate of drug-likeness (QED) is 0.527. The molecular formula is C5H9F3O5S. The summed E-state index contributed by atoms with van der Waals surface area (Å²) in [4.78, 5) is 9.70. The smallest absolute Gasteiger partial charge is 0.481 e. The molecular weight excluding hydrogens is 229 g/mol. The Kier molecular flexibility index (Phi) is 5.75. The lowest BCUT2D eigenvalue weighted by Crippen LogP contribution is -2.21. The second-order valence-electron chi connectivity index (χ2n) is 2.41. The molecule has 0 atom stereocenters. The molecule has 0 aromatic heterocycles. The first kappa shape index (κ1) is 15.6. The van der Waals surface area contributed by atoms with E-state index in [9.17, 15) is 18.0 Å². The molecule has 2 N–H and O–H groups in total. The summed E-state index contributed by atoms with van der Waals surface area (Å²) in [7, 11) is -5.84. The van der Waals surface area contributed by atoms with E-state index in [0.29, 0.717) is 0 Å². The van der Waals surface area contributed by atoms with E-state index in [4.69, 9.17) is 18.1 Å². The molecule has 0 fully saturated rings. The zero-order valence-electron chi connectivity index (χ0n) is 7.24. The second-order valence-corrected chi connectivity index (χ2v) is 3.83. The average molecular weight is 238 g/mol. The Bertz CT molecular complexity index is 278. The number of alkyl halides is 3. The van der Waals surface area contributed by atoms with Crippen molar-refractivity contribution in [3.63, 3.8) is 0 Å². The molecule has 0 amide bonds. The molecule has 0 unspecified atom stereocenters. The van der Waals surface area contributed by atoms with Gasteiger partial charge in [0.15, 0.2) is 0 Å². The van der Waals surface area contributed by atoms with Crippen LogP contribution in [-0.4, -0.2) is 29.6 Å². The van der Waals surface area contributed by atoms with Gasteiger partial charge in [0.2, 0.25) is 0 Å². The molecule has 0 radical (unpaired) electrons. The zero-order chi connectivity index (χ0) is 12.2. The van der Waals surface area contributed by atoms with E-state index >= 15 is 0 Å². The number of carboxylic acid groups (broad SMARTS) is 1. The molecule has 5 nitrogen and oxygen atoms in total. The first-order valence-corrected chi connectivity index (χ1v) is 4.60. The van der Waals surface area contributed by atoms with Crippen LogP contribution in [0, 0.1) is 5.92 Å². The van der Waals surface area contributed by atoms with Crippen LogP contribution in [0.4, 0.5) is 13.2 Å². The van der Waals surface area contributed by atoms with Crippen LogP contribution in [0.3, 0.4) is 0 Å². The fraction of sp³-hybridized carbons (Fsp3) is 0.800. The Morgan fingerprint density at radius 2 is 1.43 bits per heavy atom. The van der Waals surface area contributed by atoms with Crippen molar-refractivity contribution in [3.05, 3.63) is 0 Å². The summed E-state index contributed by atoms with van der Waals surface area (Å²) in [6, 6.07) is 0. The molecule has 0 rings (SSSR count). The fourth-order valence-electron chi connectivity index (χ4n) is 0. The highest BCUT2D eigenvalue weighted by Crippen LogP contribution is 2.20. The Morgan fingerprint density at radius 3 is 1.43 bits per heavy atom. The van der Waals surface area contributed by atoms with Crippen LogP contribution in [0.25, 0.3) is 0 Å². The third-order valence-electron chi connectivity index (χ3n) is 0.786. The maximum Gasteiger partial charge on any atom is 0.522 e. The van der Waals surface area contributed by atoms with Crippen molar-refractivity contribution in [1.29, 1.82) is 0 Å². The molecule has 0 aliphatic heterocycles. The Balaban J connectivity index is 0. The summed E-state index contributed by atoms with van der Waals surface area (Å²) in [6.45, 7) is 3.28. The molecule has 0 saturated heterocycles. The SMILES string of the molecule is CC(C)C(=O)O.O=S(=O)(O)C(F)(F)F. The zero-order valence-corrected chi connectivity index (χ0v) is 8.06. The molecule has 0 aliphatic carbocycles. The summed E-state index contributed by atoms with van der Waals surface area (Å²) in [5.74, 6) is -0.972. The predicted molar refractivity (Wildman–Crippen MR) is 40.1 cm³/mol. The van der Waals surface area contributed by atoms with Crippen molar-refractivity contribution < 1.29 is 36.0 Å². The van der Waals surface area contributed by atoms with Crippen molar-refractivity contribution in [2.75, 3.05) is 0 Å². The number of halogens is 3. The Hall–Kier alpha value is -0.830. The van der Waals surface area contributed by atoms with E-state index in [1.165, 1.54) is 0 Å². The topological polar surface area (TPSA) is 91.7 Å². The Labute approximate surface area is 78.3 Å². The maximum atomic E-state index is 10.7. The summed E-state index contributed by atoms with van der Waals surface area (Å²) < 4.78 is 57.5. The third kappa shape index (κ3) is 7.80. The van der Waals surface area contributed by atoms with Crippen LogP contribution < -0.4 is 0 Å². The Morgan fingerprint density at radius 1 is 1.29 bits per heavy atom. The highest BCUT2D eigenvalue weighted by atomic mass is 32.2. The predicted octanol–water partition coefficient (Wildman–Crippen LogP) is 1.12. The van der Waals surface area contributed by atoms with Crippen LogP contribution >= 0.6 is 0 Å². The monoisotopic (exact) mass is 238 g/mol. The van der Waals surface area contributed by atoms with E-state index in [1.54, 1.807) is 13.8 Å². The number of hydrogen-bond acceptors (Lipinski definition) is 3. The average Bonchev–Trinajstić information content (AvgIpc) is 1.83. The highest BCUT2D eigenvalue weighted by Gasteiger charge is 2.44. The molecule has 0 saturated carbocycles. The van der Waals surface area contributed by atoms with Crippen LogP contribution in [-0.2, 0) is 14.9 Å². The summed E-state index contributed by atoms with van der Waals surface area (Å²) in [6.07, 6.45) is 0. The molecule has 0 bridgehead atoms. The van der Waals surface area contributed by atoms with E-state index in [0.717, 1.165) is 0 Å². The molecule has 0 aromatic carbocycles. The normalized spacial score (nSPS) is 11.9. The van der Waals surface area contributed by atoms with Crippen molar-refractivity contribution in [1.82, 2.24) is 0 Å². The first-order valence-electron chi connectivity index (χ1n) is 3.16. The van der Waals surface area contributed by atoms with Crippen LogP contribution in [0.5, 0.6) is 0 Å². The van der Waals surface area contributed by atoms with Crippen LogP contribution in [0.1, 0.15) is 13.8 Å². The molecule has 9 heteroatoms.